The summed E-state index contributed by atoms with van der Waals surface area (Å²) < 4.78 is 19.5. The van der Waals surface area contributed by atoms with Crippen LogP contribution in [0, 0.1) is 0 Å². The molecular weight excluding hydrogens is 544 g/mol. The van der Waals surface area contributed by atoms with Crippen LogP contribution < -0.4 is 24.4 Å². The fourth-order valence-corrected chi connectivity index (χ4v) is 5.70. The van der Waals surface area contributed by atoms with Crippen molar-refractivity contribution in [1.29, 1.82) is 0 Å². The molecule has 0 unspecified atom stereocenters. The van der Waals surface area contributed by atoms with E-state index in [1.54, 1.807) is 23.5 Å². The summed E-state index contributed by atoms with van der Waals surface area (Å²) in [6.45, 7) is 12.2. The topological polar surface area (TPSA) is 76.2 Å². The minimum atomic E-state index is -0.153. The Morgan fingerprint density at radius 3 is 2.31 bits per heavy atom. The molecule has 3 aromatic rings. The third kappa shape index (κ3) is 6.41. The second-order valence-corrected chi connectivity index (χ2v) is 10.2. The second-order valence-electron chi connectivity index (χ2n) is 8.29. The van der Waals surface area contributed by atoms with E-state index in [2.05, 4.69) is 43.2 Å². The lowest BCUT2D eigenvalue weighted by molar-refractivity contribution is 0.0946. The summed E-state index contributed by atoms with van der Waals surface area (Å²) in [6, 6.07) is 9.65. The zero-order valence-electron chi connectivity index (χ0n) is 21.0. The average molecular weight is 578 g/mol. The van der Waals surface area contributed by atoms with E-state index in [4.69, 9.17) is 19.2 Å². The van der Waals surface area contributed by atoms with E-state index in [-0.39, 0.29) is 5.91 Å². The van der Waals surface area contributed by atoms with Crippen LogP contribution in [0.1, 0.15) is 31.1 Å². The van der Waals surface area contributed by atoms with Crippen molar-refractivity contribution in [3.05, 3.63) is 40.4 Å². The van der Waals surface area contributed by atoms with Gasteiger partial charge in [-0.2, -0.15) is 0 Å². The van der Waals surface area contributed by atoms with Crippen LogP contribution >= 0.6 is 27.3 Å². The minimum Gasteiger partial charge on any atom is -0.490 e. The lowest BCUT2D eigenvalue weighted by Gasteiger charge is -2.34. The van der Waals surface area contributed by atoms with Gasteiger partial charge in [-0.3, -0.25) is 9.69 Å². The van der Waals surface area contributed by atoms with Crippen LogP contribution in [0.3, 0.4) is 0 Å². The Balaban J connectivity index is 1.30. The molecule has 4 rings (SSSR count). The Labute approximate surface area is 224 Å². The van der Waals surface area contributed by atoms with Crippen LogP contribution in [0.2, 0.25) is 0 Å². The maximum Gasteiger partial charge on any atom is 0.251 e. The molecule has 1 saturated heterocycles. The quantitative estimate of drug-likeness (QED) is 0.351. The minimum absolute atomic E-state index is 0.153. The number of benzene rings is 2. The van der Waals surface area contributed by atoms with Gasteiger partial charge in [-0.15, -0.1) is 0 Å². The van der Waals surface area contributed by atoms with Gasteiger partial charge >= 0.3 is 0 Å². The standard InChI is InChI=1S/C26H33BrN4O4S/c1-4-33-21-15-18(16-22(34-5-2)24(21)35-6-3)25(32)28-9-10-30-11-13-31(14-12-30)26-29-20-8-7-19(27)17-23(20)36-26/h7-8,15-17H,4-6,9-14H2,1-3H3,(H,28,32). The van der Waals surface area contributed by atoms with Crippen LogP contribution in [0.25, 0.3) is 10.2 Å². The van der Waals surface area contributed by atoms with Gasteiger partial charge in [-0.1, -0.05) is 27.3 Å². The maximum absolute atomic E-state index is 12.9. The number of ether oxygens (including phenoxy) is 3. The van der Waals surface area contributed by atoms with Crippen molar-refractivity contribution in [3.63, 3.8) is 0 Å². The number of thiazole rings is 1. The van der Waals surface area contributed by atoms with Gasteiger partial charge in [0.2, 0.25) is 5.75 Å². The molecule has 194 valence electrons. The monoisotopic (exact) mass is 576 g/mol. The van der Waals surface area contributed by atoms with Gasteiger partial charge in [0.25, 0.3) is 5.91 Å². The Morgan fingerprint density at radius 2 is 1.67 bits per heavy atom. The number of rotatable bonds is 11. The predicted octanol–water partition coefficient (Wildman–Crippen LogP) is 4.81. The van der Waals surface area contributed by atoms with Gasteiger partial charge in [-0.05, 0) is 51.1 Å². The molecule has 0 bridgehead atoms. The van der Waals surface area contributed by atoms with Gasteiger partial charge in [0.05, 0.1) is 30.0 Å². The van der Waals surface area contributed by atoms with E-state index in [1.165, 1.54) is 4.70 Å². The van der Waals surface area contributed by atoms with E-state index < -0.39 is 0 Å². The summed E-state index contributed by atoms with van der Waals surface area (Å²) in [4.78, 5) is 22.4. The highest BCUT2D eigenvalue weighted by molar-refractivity contribution is 9.10. The summed E-state index contributed by atoms with van der Waals surface area (Å²) in [7, 11) is 0. The highest BCUT2D eigenvalue weighted by Crippen LogP contribution is 2.39. The third-order valence-corrected chi connectivity index (χ3v) is 7.44. The van der Waals surface area contributed by atoms with Crippen molar-refractivity contribution < 1.29 is 19.0 Å². The highest BCUT2D eigenvalue weighted by atomic mass is 79.9. The highest BCUT2D eigenvalue weighted by Gasteiger charge is 2.21. The molecule has 1 N–H and O–H groups in total. The number of hydrogen-bond acceptors (Lipinski definition) is 8. The van der Waals surface area contributed by atoms with Crippen molar-refractivity contribution in [2.45, 2.75) is 20.8 Å². The van der Waals surface area contributed by atoms with E-state index >= 15 is 0 Å². The first-order valence-corrected chi connectivity index (χ1v) is 14.0. The zero-order chi connectivity index (χ0) is 25.5. The molecule has 36 heavy (non-hydrogen) atoms. The number of nitrogens with one attached hydrogen (secondary N) is 1. The first-order valence-electron chi connectivity index (χ1n) is 12.4. The van der Waals surface area contributed by atoms with Gasteiger partial charge in [0, 0.05) is 49.3 Å². The lowest BCUT2D eigenvalue weighted by Crippen LogP contribution is -2.48. The number of anilines is 1. The number of carbonyl (C=O) groups excluding carboxylic acids is 1. The molecule has 0 radical (unpaired) electrons. The summed E-state index contributed by atoms with van der Waals surface area (Å²) >= 11 is 5.27. The number of carbonyl (C=O) groups is 1. The van der Waals surface area contributed by atoms with Gasteiger partial charge in [-0.25, -0.2) is 4.98 Å². The first-order chi connectivity index (χ1) is 17.5. The van der Waals surface area contributed by atoms with Crippen molar-refractivity contribution in [3.8, 4) is 17.2 Å². The van der Waals surface area contributed by atoms with E-state index in [0.717, 1.165) is 47.8 Å². The normalized spacial score (nSPS) is 14.2. The van der Waals surface area contributed by atoms with Gasteiger partial charge < -0.3 is 24.4 Å². The van der Waals surface area contributed by atoms with Crippen molar-refractivity contribution in [1.82, 2.24) is 15.2 Å². The molecule has 1 fully saturated rings. The number of halogens is 1. The second kappa shape index (κ2) is 12.6. The lowest BCUT2D eigenvalue weighted by atomic mass is 10.1. The van der Waals surface area contributed by atoms with Gasteiger partial charge in [0.15, 0.2) is 16.6 Å². The molecule has 1 aliphatic rings. The summed E-state index contributed by atoms with van der Waals surface area (Å²) in [5.74, 6) is 1.43. The zero-order valence-corrected chi connectivity index (χ0v) is 23.4. The first kappa shape index (κ1) is 26.5. The molecule has 2 aromatic carbocycles. The molecule has 8 nitrogen and oxygen atoms in total. The number of hydrogen-bond donors (Lipinski definition) is 1. The van der Waals surface area contributed by atoms with E-state index in [9.17, 15) is 4.79 Å². The predicted molar refractivity (Wildman–Crippen MR) is 148 cm³/mol. The Morgan fingerprint density at radius 1 is 1.00 bits per heavy atom. The summed E-state index contributed by atoms with van der Waals surface area (Å²) in [5.41, 5.74) is 1.54. The largest absolute Gasteiger partial charge is 0.490 e. The Hall–Kier alpha value is -2.56. The van der Waals surface area contributed by atoms with Gasteiger partial charge in [0.1, 0.15) is 0 Å². The Kier molecular flexibility index (Phi) is 9.28. The molecule has 1 amide bonds. The molecule has 1 aromatic heterocycles. The number of amides is 1. The molecule has 0 saturated carbocycles. The summed E-state index contributed by atoms with van der Waals surface area (Å²) in [5, 5.41) is 4.11. The molecule has 2 heterocycles. The van der Waals surface area contributed by atoms with Crippen molar-refractivity contribution in [2.75, 3.05) is 64.0 Å². The number of fused-ring (bicyclic) bond motifs is 1. The smallest absolute Gasteiger partial charge is 0.251 e. The number of piperazine rings is 1. The van der Waals surface area contributed by atoms with Crippen LogP contribution in [0.5, 0.6) is 17.2 Å². The average Bonchev–Trinajstić information content (AvgIpc) is 3.29. The van der Waals surface area contributed by atoms with Crippen LogP contribution in [-0.2, 0) is 0 Å². The van der Waals surface area contributed by atoms with Crippen LogP contribution in [-0.4, -0.2) is 74.9 Å². The molecule has 1 aliphatic heterocycles. The van der Waals surface area contributed by atoms with Crippen LogP contribution in [0.4, 0.5) is 5.13 Å². The van der Waals surface area contributed by atoms with Crippen molar-refractivity contribution in [2.24, 2.45) is 0 Å². The fourth-order valence-electron chi connectivity index (χ4n) is 4.13. The van der Waals surface area contributed by atoms with E-state index in [0.29, 0.717) is 49.2 Å². The Bertz CT molecular complexity index is 1150. The SMILES string of the molecule is CCOc1cc(C(=O)NCCN2CCN(c3nc4ccc(Br)cc4s3)CC2)cc(OCC)c1OCC. The molecule has 0 spiro atoms. The molecule has 0 atom stereocenters. The van der Waals surface area contributed by atoms with E-state index in [1.807, 2.05) is 26.8 Å². The molecular formula is C26H33BrN4O4S. The third-order valence-electron chi connectivity index (χ3n) is 5.87. The summed E-state index contributed by atoms with van der Waals surface area (Å²) in [6.07, 6.45) is 0. The number of aromatic nitrogens is 1. The molecule has 0 aliphatic carbocycles. The molecule has 10 heteroatoms. The maximum atomic E-state index is 12.9. The van der Waals surface area contributed by atoms with Crippen molar-refractivity contribution >= 4 is 48.5 Å². The fraction of sp³-hybridized carbons (Fsp3) is 0.462. The van der Waals surface area contributed by atoms with Crippen LogP contribution in [0.15, 0.2) is 34.8 Å². The number of nitrogens with zero attached hydrogens (tertiary/aromatic N) is 3.